The van der Waals surface area contributed by atoms with Gasteiger partial charge in [0.2, 0.25) is 0 Å². The molecule has 0 spiro atoms. The molecule has 1 aliphatic carbocycles. The number of benzene rings is 1. The molecule has 3 nitrogen and oxygen atoms in total. The summed E-state index contributed by atoms with van der Waals surface area (Å²) in [6.45, 7) is 1.13. The van der Waals surface area contributed by atoms with Gasteiger partial charge in [0, 0.05) is 35.4 Å². The highest BCUT2D eigenvalue weighted by molar-refractivity contribution is 6.30. The van der Waals surface area contributed by atoms with Gasteiger partial charge < -0.3 is 10.5 Å². The molecular formula is C16H20ClNO2. The van der Waals surface area contributed by atoms with E-state index in [0.29, 0.717) is 24.6 Å². The maximum Gasteiger partial charge on any atom is 0.144 e. The van der Waals surface area contributed by atoms with E-state index in [1.54, 1.807) is 0 Å². The Balaban J connectivity index is 1.86. The van der Waals surface area contributed by atoms with Gasteiger partial charge in [0.15, 0.2) is 0 Å². The Labute approximate surface area is 124 Å². The first kappa shape index (κ1) is 13.9. The molecule has 1 fully saturated rings. The van der Waals surface area contributed by atoms with Crippen LogP contribution in [0.5, 0.6) is 5.75 Å². The first-order chi connectivity index (χ1) is 9.64. The van der Waals surface area contributed by atoms with Crippen LogP contribution in [-0.2, 0) is 17.6 Å². The van der Waals surface area contributed by atoms with Crippen molar-refractivity contribution in [2.24, 2.45) is 11.1 Å². The molecule has 0 saturated heterocycles. The van der Waals surface area contributed by atoms with E-state index in [1.807, 2.05) is 12.1 Å². The molecule has 1 aliphatic heterocycles. The molecule has 0 radical (unpaired) electrons. The van der Waals surface area contributed by atoms with Gasteiger partial charge in [-0.05, 0) is 30.5 Å². The summed E-state index contributed by atoms with van der Waals surface area (Å²) in [6.07, 6.45) is 5.32. The summed E-state index contributed by atoms with van der Waals surface area (Å²) in [7, 11) is 0. The molecule has 1 aromatic carbocycles. The molecule has 0 aromatic heterocycles. The van der Waals surface area contributed by atoms with E-state index in [9.17, 15) is 4.79 Å². The third kappa shape index (κ3) is 2.33. The Hall–Kier alpha value is -1.06. The van der Waals surface area contributed by atoms with Crippen LogP contribution in [0.4, 0.5) is 0 Å². The summed E-state index contributed by atoms with van der Waals surface area (Å²) in [5, 5.41) is 0.685. The molecule has 1 saturated carbocycles. The number of halogens is 1. The van der Waals surface area contributed by atoms with Crippen LogP contribution in [0.3, 0.4) is 0 Å². The van der Waals surface area contributed by atoms with Crippen molar-refractivity contribution in [2.75, 3.05) is 13.2 Å². The number of rotatable bonds is 4. The van der Waals surface area contributed by atoms with Gasteiger partial charge in [-0.2, -0.15) is 0 Å². The molecule has 0 amide bonds. The lowest BCUT2D eigenvalue weighted by molar-refractivity contribution is -0.127. The molecule has 2 aliphatic rings. The highest BCUT2D eigenvalue weighted by Crippen LogP contribution is 2.40. The Morgan fingerprint density at radius 1 is 1.35 bits per heavy atom. The highest BCUT2D eigenvalue weighted by atomic mass is 35.5. The second kappa shape index (κ2) is 5.38. The van der Waals surface area contributed by atoms with Gasteiger partial charge in [-0.3, -0.25) is 4.79 Å². The standard InChI is InChI=1S/C16H20ClNO2/c17-13-7-11-3-6-20-15(11)12(8-13)9-14(19)16(10-18)4-1-2-5-16/h7-8H,1-6,9-10,18H2. The van der Waals surface area contributed by atoms with E-state index in [4.69, 9.17) is 22.1 Å². The van der Waals surface area contributed by atoms with E-state index in [1.165, 1.54) is 0 Å². The van der Waals surface area contributed by atoms with Crippen LogP contribution in [0.1, 0.15) is 36.8 Å². The number of ketones is 1. The number of hydrogen-bond acceptors (Lipinski definition) is 3. The number of nitrogens with two attached hydrogens (primary N) is 1. The molecule has 3 rings (SSSR count). The molecule has 1 heterocycles. The van der Waals surface area contributed by atoms with E-state index in [-0.39, 0.29) is 11.2 Å². The zero-order valence-corrected chi connectivity index (χ0v) is 12.3. The van der Waals surface area contributed by atoms with Crippen molar-refractivity contribution in [3.8, 4) is 5.75 Å². The third-order valence-corrected chi connectivity index (χ3v) is 4.94. The summed E-state index contributed by atoms with van der Waals surface area (Å²) in [4.78, 5) is 12.7. The number of fused-ring (bicyclic) bond motifs is 1. The molecular weight excluding hydrogens is 274 g/mol. The topological polar surface area (TPSA) is 52.3 Å². The SMILES string of the molecule is NCC1(C(=O)Cc2cc(Cl)cc3c2OCC3)CCCC1. The normalized spacial score (nSPS) is 19.7. The summed E-state index contributed by atoms with van der Waals surface area (Å²) >= 11 is 6.15. The second-order valence-corrected chi connectivity index (χ2v) is 6.38. The van der Waals surface area contributed by atoms with Crippen molar-refractivity contribution in [3.05, 3.63) is 28.3 Å². The predicted molar refractivity (Wildman–Crippen MR) is 79.3 cm³/mol. The minimum Gasteiger partial charge on any atom is -0.493 e. The van der Waals surface area contributed by atoms with Gasteiger partial charge in [0.25, 0.3) is 0 Å². The van der Waals surface area contributed by atoms with Gasteiger partial charge in [-0.25, -0.2) is 0 Å². The van der Waals surface area contributed by atoms with Gasteiger partial charge in [0.1, 0.15) is 11.5 Å². The Bertz CT molecular complexity index is 536. The quantitative estimate of drug-likeness (QED) is 0.928. The Morgan fingerprint density at radius 2 is 2.10 bits per heavy atom. The number of carbonyl (C=O) groups is 1. The molecule has 2 N–H and O–H groups in total. The van der Waals surface area contributed by atoms with E-state index in [0.717, 1.165) is 49.0 Å². The summed E-state index contributed by atoms with van der Waals surface area (Å²) in [6, 6.07) is 3.80. The molecule has 108 valence electrons. The van der Waals surface area contributed by atoms with Crippen molar-refractivity contribution in [1.82, 2.24) is 0 Å². The van der Waals surface area contributed by atoms with Crippen LogP contribution < -0.4 is 10.5 Å². The average molecular weight is 294 g/mol. The van der Waals surface area contributed by atoms with Crippen LogP contribution in [0.25, 0.3) is 0 Å². The number of carbonyl (C=O) groups excluding carboxylic acids is 1. The highest BCUT2D eigenvalue weighted by Gasteiger charge is 2.39. The minimum absolute atomic E-state index is 0.248. The molecule has 0 unspecified atom stereocenters. The molecule has 1 aromatic rings. The van der Waals surface area contributed by atoms with Gasteiger partial charge in [-0.15, -0.1) is 0 Å². The molecule has 4 heteroatoms. The average Bonchev–Trinajstić information content (AvgIpc) is 3.07. The minimum atomic E-state index is -0.312. The smallest absolute Gasteiger partial charge is 0.144 e. The van der Waals surface area contributed by atoms with Crippen LogP contribution in [-0.4, -0.2) is 18.9 Å². The fourth-order valence-electron chi connectivity index (χ4n) is 3.49. The summed E-state index contributed by atoms with van der Waals surface area (Å²) < 4.78 is 5.67. The summed E-state index contributed by atoms with van der Waals surface area (Å²) in [5.74, 6) is 1.12. The van der Waals surface area contributed by atoms with Crippen LogP contribution >= 0.6 is 11.6 Å². The van der Waals surface area contributed by atoms with Crippen molar-refractivity contribution >= 4 is 17.4 Å². The van der Waals surface area contributed by atoms with Crippen molar-refractivity contribution in [1.29, 1.82) is 0 Å². The third-order valence-electron chi connectivity index (χ3n) is 4.72. The fraction of sp³-hybridized carbons (Fsp3) is 0.562. The monoisotopic (exact) mass is 293 g/mol. The maximum absolute atomic E-state index is 12.7. The maximum atomic E-state index is 12.7. The van der Waals surface area contributed by atoms with Crippen molar-refractivity contribution in [3.63, 3.8) is 0 Å². The summed E-state index contributed by atoms with van der Waals surface area (Å²) in [5.41, 5.74) is 7.62. The number of hydrogen-bond donors (Lipinski definition) is 1. The van der Waals surface area contributed by atoms with Gasteiger partial charge in [0.05, 0.1) is 6.61 Å². The van der Waals surface area contributed by atoms with E-state index < -0.39 is 0 Å². The zero-order chi connectivity index (χ0) is 14.2. The lowest BCUT2D eigenvalue weighted by Crippen LogP contribution is -2.37. The lowest BCUT2D eigenvalue weighted by atomic mass is 9.79. The van der Waals surface area contributed by atoms with Crippen molar-refractivity contribution < 1.29 is 9.53 Å². The first-order valence-corrected chi connectivity index (χ1v) is 7.70. The second-order valence-electron chi connectivity index (χ2n) is 5.94. The zero-order valence-electron chi connectivity index (χ0n) is 11.6. The largest absolute Gasteiger partial charge is 0.493 e. The lowest BCUT2D eigenvalue weighted by Gasteiger charge is -2.25. The number of ether oxygens (including phenoxy) is 1. The first-order valence-electron chi connectivity index (χ1n) is 7.32. The number of Topliss-reactive ketones (excluding diaryl/α,β-unsaturated/α-hetero) is 1. The Morgan fingerprint density at radius 3 is 2.80 bits per heavy atom. The van der Waals surface area contributed by atoms with E-state index in [2.05, 4.69) is 0 Å². The Kier molecular flexibility index (Phi) is 3.74. The van der Waals surface area contributed by atoms with Gasteiger partial charge >= 0.3 is 0 Å². The van der Waals surface area contributed by atoms with Gasteiger partial charge in [-0.1, -0.05) is 24.4 Å². The molecule has 0 atom stereocenters. The molecule has 0 bridgehead atoms. The predicted octanol–water partition coefficient (Wildman–Crippen LogP) is 2.91. The van der Waals surface area contributed by atoms with Crippen LogP contribution in [0, 0.1) is 5.41 Å². The van der Waals surface area contributed by atoms with E-state index >= 15 is 0 Å². The fourth-order valence-corrected chi connectivity index (χ4v) is 3.75. The molecule has 20 heavy (non-hydrogen) atoms. The van der Waals surface area contributed by atoms with Crippen molar-refractivity contribution in [2.45, 2.75) is 38.5 Å². The van der Waals surface area contributed by atoms with Crippen LogP contribution in [0.2, 0.25) is 5.02 Å². The van der Waals surface area contributed by atoms with Crippen LogP contribution in [0.15, 0.2) is 12.1 Å².